The molecule has 2 N–H and O–H groups in total. The Kier molecular flexibility index (Phi) is 5.76. The van der Waals surface area contributed by atoms with Gasteiger partial charge in [0.1, 0.15) is 0 Å². The van der Waals surface area contributed by atoms with Crippen molar-refractivity contribution in [3.05, 3.63) is 34.3 Å². The largest absolute Gasteiger partial charge is 0.481 e. The quantitative estimate of drug-likeness (QED) is 0.832. The average molecular weight is 383 g/mol. The van der Waals surface area contributed by atoms with Crippen LogP contribution in [0.15, 0.2) is 28.7 Å². The number of halogens is 1. The van der Waals surface area contributed by atoms with Gasteiger partial charge in [-0.15, -0.1) is 0 Å². The molecule has 1 heterocycles. The topological polar surface area (TPSA) is 86.7 Å². The second kappa shape index (κ2) is 7.59. The first-order valence-corrected chi connectivity index (χ1v) is 8.24. The lowest BCUT2D eigenvalue weighted by atomic mass is 9.93. The molecule has 2 unspecified atom stereocenters. The first kappa shape index (κ1) is 17.5. The molecule has 1 fully saturated rings. The Balaban J connectivity index is 1.91. The van der Waals surface area contributed by atoms with Gasteiger partial charge in [0.15, 0.2) is 0 Å². The lowest BCUT2D eigenvalue weighted by molar-refractivity contribution is -0.146. The number of rotatable bonds is 4. The molecule has 0 aliphatic carbocycles. The van der Waals surface area contributed by atoms with Gasteiger partial charge in [0.05, 0.1) is 12.5 Å². The number of carboxylic acid groups (broad SMARTS) is 1. The first-order valence-electron chi connectivity index (χ1n) is 7.44. The highest BCUT2D eigenvalue weighted by Gasteiger charge is 2.32. The number of likely N-dealkylation sites (tertiary alicyclic amines) is 1. The molecule has 23 heavy (non-hydrogen) atoms. The van der Waals surface area contributed by atoms with Crippen molar-refractivity contribution in [2.24, 2.45) is 5.92 Å². The number of hydrogen-bond donors (Lipinski definition) is 2. The van der Waals surface area contributed by atoms with E-state index in [4.69, 9.17) is 5.11 Å². The first-order chi connectivity index (χ1) is 10.9. The molecule has 2 atom stereocenters. The summed E-state index contributed by atoms with van der Waals surface area (Å²) in [6.45, 7) is 1.96. The van der Waals surface area contributed by atoms with E-state index in [9.17, 15) is 14.4 Å². The zero-order valence-electron chi connectivity index (χ0n) is 12.8. The van der Waals surface area contributed by atoms with Crippen molar-refractivity contribution in [1.82, 2.24) is 10.2 Å². The summed E-state index contributed by atoms with van der Waals surface area (Å²) in [6.07, 6.45) is 1.23. The van der Waals surface area contributed by atoms with Crippen LogP contribution in [0.1, 0.15) is 30.1 Å². The zero-order valence-corrected chi connectivity index (χ0v) is 14.4. The van der Waals surface area contributed by atoms with Gasteiger partial charge in [-0.2, -0.15) is 0 Å². The fourth-order valence-electron chi connectivity index (χ4n) is 2.62. The Morgan fingerprint density at radius 2 is 1.91 bits per heavy atom. The van der Waals surface area contributed by atoms with Crippen LogP contribution in [0.4, 0.5) is 0 Å². The minimum absolute atomic E-state index is 0.0114. The van der Waals surface area contributed by atoms with E-state index in [1.807, 2.05) is 6.92 Å². The van der Waals surface area contributed by atoms with Gasteiger partial charge in [-0.25, -0.2) is 0 Å². The van der Waals surface area contributed by atoms with Gasteiger partial charge in [0.25, 0.3) is 5.91 Å². The van der Waals surface area contributed by atoms with Gasteiger partial charge >= 0.3 is 5.97 Å². The molecule has 0 radical (unpaired) electrons. The maximum absolute atomic E-state index is 12.3. The third-order valence-electron chi connectivity index (χ3n) is 4.06. The Labute approximate surface area is 143 Å². The van der Waals surface area contributed by atoms with Gasteiger partial charge in [0, 0.05) is 22.6 Å². The number of amides is 2. The molecule has 7 heteroatoms. The fourth-order valence-corrected chi connectivity index (χ4v) is 2.88. The highest BCUT2D eigenvalue weighted by atomic mass is 79.9. The van der Waals surface area contributed by atoms with Crippen LogP contribution in [-0.2, 0) is 9.59 Å². The average Bonchev–Trinajstić information content (AvgIpc) is 2.53. The maximum atomic E-state index is 12.3. The second-order valence-corrected chi connectivity index (χ2v) is 6.61. The molecule has 0 spiro atoms. The van der Waals surface area contributed by atoms with Crippen molar-refractivity contribution >= 4 is 33.7 Å². The zero-order chi connectivity index (χ0) is 17.0. The van der Waals surface area contributed by atoms with Gasteiger partial charge < -0.3 is 15.3 Å². The SMILES string of the molecule is CC1CCC(C(=O)O)CN1C(=O)CNC(=O)c1ccc(Br)cc1. The molecular formula is C16H19BrN2O4. The number of carbonyl (C=O) groups excluding carboxylic acids is 2. The molecule has 1 aromatic rings. The molecule has 1 aliphatic heterocycles. The third-order valence-corrected chi connectivity index (χ3v) is 4.59. The van der Waals surface area contributed by atoms with Crippen molar-refractivity contribution in [2.75, 3.05) is 13.1 Å². The molecule has 0 saturated carbocycles. The Morgan fingerprint density at radius 3 is 2.52 bits per heavy atom. The lowest BCUT2D eigenvalue weighted by Crippen LogP contribution is -2.50. The standard InChI is InChI=1S/C16H19BrN2O4/c1-10-2-3-12(16(22)23)9-19(10)14(20)8-18-15(21)11-4-6-13(17)7-5-11/h4-7,10,12H,2-3,8-9H2,1H3,(H,18,21)(H,22,23). The van der Waals surface area contributed by atoms with Crippen LogP contribution in [-0.4, -0.2) is 46.9 Å². The van der Waals surface area contributed by atoms with Crippen LogP contribution in [0.5, 0.6) is 0 Å². The normalized spacial score (nSPS) is 20.9. The lowest BCUT2D eigenvalue weighted by Gasteiger charge is -2.36. The Hall–Kier alpha value is -1.89. The van der Waals surface area contributed by atoms with Crippen LogP contribution in [0.2, 0.25) is 0 Å². The Bertz CT molecular complexity index is 603. The van der Waals surface area contributed by atoms with Crippen LogP contribution >= 0.6 is 15.9 Å². The number of nitrogens with one attached hydrogen (secondary N) is 1. The van der Waals surface area contributed by atoms with Crippen molar-refractivity contribution in [3.8, 4) is 0 Å². The highest BCUT2D eigenvalue weighted by Crippen LogP contribution is 2.22. The molecule has 124 valence electrons. The van der Waals surface area contributed by atoms with E-state index in [0.29, 0.717) is 18.4 Å². The molecule has 2 rings (SSSR count). The number of piperidine rings is 1. The summed E-state index contributed by atoms with van der Waals surface area (Å²) in [5, 5.41) is 11.7. The number of hydrogen-bond acceptors (Lipinski definition) is 3. The monoisotopic (exact) mass is 382 g/mol. The van der Waals surface area contributed by atoms with Gasteiger partial charge in [-0.05, 0) is 44.0 Å². The summed E-state index contributed by atoms with van der Waals surface area (Å²) < 4.78 is 0.868. The van der Waals surface area contributed by atoms with E-state index in [1.54, 1.807) is 29.2 Å². The van der Waals surface area contributed by atoms with Crippen molar-refractivity contribution < 1.29 is 19.5 Å². The predicted molar refractivity (Wildman–Crippen MR) is 88.0 cm³/mol. The minimum Gasteiger partial charge on any atom is -0.481 e. The second-order valence-electron chi connectivity index (χ2n) is 5.70. The summed E-state index contributed by atoms with van der Waals surface area (Å²) in [7, 11) is 0. The van der Waals surface area contributed by atoms with E-state index in [1.165, 1.54) is 0 Å². The molecule has 1 aromatic carbocycles. The van der Waals surface area contributed by atoms with E-state index in [2.05, 4.69) is 21.2 Å². The number of carboxylic acids is 1. The molecule has 1 aliphatic rings. The van der Waals surface area contributed by atoms with Gasteiger partial charge in [-0.1, -0.05) is 15.9 Å². The van der Waals surface area contributed by atoms with E-state index >= 15 is 0 Å². The van der Waals surface area contributed by atoms with Gasteiger partial charge in [-0.3, -0.25) is 14.4 Å². The smallest absolute Gasteiger partial charge is 0.308 e. The maximum Gasteiger partial charge on any atom is 0.308 e. The van der Waals surface area contributed by atoms with E-state index in [0.717, 1.165) is 4.47 Å². The molecule has 0 bridgehead atoms. The minimum atomic E-state index is -0.881. The predicted octanol–water partition coefficient (Wildman–Crippen LogP) is 1.89. The summed E-state index contributed by atoms with van der Waals surface area (Å²) in [5.41, 5.74) is 0.469. The highest BCUT2D eigenvalue weighted by molar-refractivity contribution is 9.10. The third kappa shape index (κ3) is 4.54. The number of carbonyl (C=O) groups is 3. The van der Waals surface area contributed by atoms with Crippen LogP contribution < -0.4 is 5.32 Å². The molecule has 1 saturated heterocycles. The molecule has 6 nitrogen and oxygen atoms in total. The number of benzene rings is 1. The Morgan fingerprint density at radius 1 is 1.26 bits per heavy atom. The molecule has 0 aromatic heterocycles. The summed E-state index contributed by atoms with van der Waals surface area (Å²) >= 11 is 3.29. The summed E-state index contributed by atoms with van der Waals surface area (Å²) in [5.74, 6) is -2.00. The van der Waals surface area contributed by atoms with E-state index < -0.39 is 11.9 Å². The molecule has 2 amide bonds. The van der Waals surface area contributed by atoms with E-state index in [-0.39, 0.29) is 30.9 Å². The van der Waals surface area contributed by atoms with Crippen LogP contribution in [0.25, 0.3) is 0 Å². The fraction of sp³-hybridized carbons (Fsp3) is 0.438. The van der Waals surface area contributed by atoms with Crippen LogP contribution in [0.3, 0.4) is 0 Å². The van der Waals surface area contributed by atoms with Crippen molar-refractivity contribution in [1.29, 1.82) is 0 Å². The number of nitrogens with zero attached hydrogens (tertiary/aromatic N) is 1. The van der Waals surface area contributed by atoms with Crippen molar-refractivity contribution in [3.63, 3.8) is 0 Å². The summed E-state index contributed by atoms with van der Waals surface area (Å²) in [4.78, 5) is 36.9. The van der Waals surface area contributed by atoms with Crippen molar-refractivity contribution in [2.45, 2.75) is 25.8 Å². The molecular weight excluding hydrogens is 364 g/mol. The van der Waals surface area contributed by atoms with Gasteiger partial charge in [0.2, 0.25) is 5.91 Å². The number of aliphatic carboxylic acids is 1. The van der Waals surface area contributed by atoms with Crippen LogP contribution in [0, 0.1) is 5.92 Å². The summed E-state index contributed by atoms with van der Waals surface area (Å²) in [6, 6.07) is 6.81.